The van der Waals surface area contributed by atoms with E-state index in [1.165, 1.54) is 88.0 Å². The fourth-order valence-corrected chi connectivity index (χ4v) is 7.89. The van der Waals surface area contributed by atoms with E-state index in [9.17, 15) is 0 Å². The van der Waals surface area contributed by atoms with Gasteiger partial charge in [0.25, 0.3) is 0 Å². The van der Waals surface area contributed by atoms with Crippen molar-refractivity contribution in [3.8, 4) is 44.5 Å². The van der Waals surface area contributed by atoms with Crippen LogP contribution in [-0.2, 0) is 5.41 Å². The van der Waals surface area contributed by atoms with Crippen LogP contribution < -0.4 is 0 Å². The van der Waals surface area contributed by atoms with Gasteiger partial charge in [-0.15, -0.1) is 0 Å². The van der Waals surface area contributed by atoms with Gasteiger partial charge in [0.05, 0.1) is 0 Å². The van der Waals surface area contributed by atoms with E-state index in [1.807, 2.05) is 0 Å². The molecule has 1 aliphatic carbocycles. The summed E-state index contributed by atoms with van der Waals surface area (Å²) in [5, 5.41) is 7.77. The van der Waals surface area contributed by atoms with Crippen LogP contribution in [0.4, 0.5) is 0 Å². The molecule has 0 bridgehead atoms. The first-order chi connectivity index (χ1) is 22.1. The molecule has 0 radical (unpaired) electrons. The lowest BCUT2D eigenvalue weighted by atomic mass is 9.81. The molecule has 0 amide bonds. The predicted molar refractivity (Wildman–Crippen MR) is 193 cm³/mol. The topological polar surface area (TPSA) is 0 Å². The van der Waals surface area contributed by atoms with Crippen LogP contribution in [0.25, 0.3) is 76.8 Å². The molecule has 0 saturated carbocycles. The Morgan fingerprint density at radius 2 is 0.800 bits per heavy atom. The summed E-state index contributed by atoms with van der Waals surface area (Å²) in [5.74, 6) is 0. The van der Waals surface area contributed by atoms with Gasteiger partial charge in [-0.3, -0.25) is 0 Å². The Morgan fingerprint density at radius 3 is 1.44 bits per heavy atom. The van der Waals surface area contributed by atoms with Gasteiger partial charge in [-0.25, -0.2) is 0 Å². The molecule has 8 aromatic carbocycles. The van der Waals surface area contributed by atoms with Crippen LogP contribution >= 0.6 is 0 Å². The van der Waals surface area contributed by atoms with Crippen molar-refractivity contribution in [2.75, 3.05) is 0 Å². The van der Waals surface area contributed by atoms with Gasteiger partial charge < -0.3 is 0 Å². The highest BCUT2D eigenvalue weighted by Crippen LogP contribution is 2.53. The van der Waals surface area contributed by atoms with E-state index in [2.05, 4.69) is 172 Å². The van der Waals surface area contributed by atoms with Crippen LogP contribution in [0.2, 0.25) is 0 Å². The molecule has 0 atom stereocenters. The average Bonchev–Trinajstić information content (AvgIpc) is 3.33. The second-order valence-corrected chi connectivity index (χ2v) is 12.9. The van der Waals surface area contributed by atoms with Crippen LogP contribution in [0, 0.1) is 0 Å². The van der Waals surface area contributed by atoms with Gasteiger partial charge in [-0.1, -0.05) is 166 Å². The maximum absolute atomic E-state index is 2.47. The molecule has 0 spiro atoms. The van der Waals surface area contributed by atoms with Crippen molar-refractivity contribution in [3.63, 3.8) is 0 Å². The Hall–Kier alpha value is -5.46. The average molecular weight is 573 g/mol. The van der Waals surface area contributed by atoms with Crippen LogP contribution in [-0.4, -0.2) is 0 Å². The first-order valence-electron chi connectivity index (χ1n) is 15.9. The first kappa shape index (κ1) is 26.0. The van der Waals surface area contributed by atoms with E-state index in [0.29, 0.717) is 0 Å². The fraction of sp³-hybridized carbons (Fsp3) is 0.0667. The molecule has 212 valence electrons. The van der Waals surface area contributed by atoms with Gasteiger partial charge in [-0.05, 0) is 94.0 Å². The van der Waals surface area contributed by atoms with Crippen LogP contribution in [0.15, 0.2) is 158 Å². The fourth-order valence-electron chi connectivity index (χ4n) is 7.89. The molecule has 45 heavy (non-hydrogen) atoms. The van der Waals surface area contributed by atoms with E-state index in [0.717, 1.165) is 0 Å². The molecular formula is C45H32. The molecular weight excluding hydrogens is 540 g/mol. The molecule has 0 unspecified atom stereocenters. The van der Waals surface area contributed by atoms with Crippen molar-refractivity contribution in [2.24, 2.45) is 0 Å². The number of hydrogen-bond donors (Lipinski definition) is 0. The Kier molecular flexibility index (Phi) is 5.64. The Bertz CT molecular complexity index is 2370. The molecule has 0 N–H and O–H groups in total. The van der Waals surface area contributed by atoms with E-state index in [-0.39, 0.29) is 5.41 Å². The third-order valence-electron chi connectivity index (χ3n) is 10.1. The van der Waals surface area contributed by atoms with E-state index in [1.54, 1.807) is 0 Å². The molecule has 0 aromatic heterocycles. The third-order valence-corrected chi connectivity index (χ3v) is 10.1. The standard InChI is InChI=1S/C45H32/c1-45(2)40-26-25-33(28-39(40)44-34-15-7-6-14-31(34)24-27-41(44)45)43-37-18-10-8-16-35(37)42(36-17-9-11-19-38(36)43)32-22-20-30(21-23-32)29-12-4-3-5-13-29/h3-28H,1-2H3. The quantitative estimate of drug-likeness (QED) is 0.185. The zero-order chi connectivity index (χ0) is 30.1. The van der Waals surface area contributed by atoms with Crippen molar-refractivity contribution in [3.05, 3.63) is 169 Å². The number of hydrogen-bond acceptors (Lipinski definition) is 0. The van der Waals surface area contributed by atoms with Crippen LogP contribution in [0.1, 0.15) is 25.0 Å². The number of rotatable bonds is 3. The smallest absolute Gasteiger partial charge is 0.0159 e. The van der Waals surface area contributed by atoms with Crippen molar-refractivity contribution in [1.82, 2.24) is 0 Å². The summed E-state index contributed by atoms with van der Waals surface area (Å²) in [6.07, 6.45) is 0. The highest BCUT2D eigenvalue weighted by Gasteiger charge is 2.36. The Labute approximate surface area is 264 Å². The molecule has 0 heterocycles. The van der Waals surface area contributed by atoms with Crippen LogP contribution in [0.3, 0.4) is 0 Å². The summed E-state index contributed by atoms with van der Waals surface area (Å²) in [5.41, 5.74) is 13.1. The molecule has 1 aliphatic rings. The lowest BCUT2D eigenvalue weighted by Gasteiger charge is -2.22. The highest BCUT2D eigenvalue weighted by molar-refractivity contribution is 6.21. The summed E-state index contributed by atoms with van der Waals surface area (Å²) in [7, 11) is 0. The van der Waals surface area contributed by atoms with Crippen molar-refractivity contribution >= 4 is 32.3 Å². The summed E-state index contributed by atoms with van der Waals surface area (Å²) in [6, 6.07) is 58.3. The molecule has 0 nitrogen and oxygen atoms in total. The first-order valence-corrected chi connectivity index (χ1v) is 15.9. The number of benzene rings is 8. The maximum Gasteiger partial charge on any atom is 0.0159 e. The summed E-state index contributed by atoms with van der Waals surface area (Å²) >= 11 is 0. The minimum Gasteiger partial charge on any atom is -0.0622 e. The maximum atomic E-state index is 2.47. The van der Waals surface area contributed by atoms with Crippen LogP contribution in [0.5, 0.6) is 0 Å². The molecule has 9 rings (SSSR count). The van der Waals surface area contributed by atoms with Crippen molar-refractivity contribution in [2.45, 2.75) is 19.3 Å². The normalized spacial score (nSPS) is 13.3. The minimum atomic E-state index is -0.0485. The van der Waals surface area contributed by atoms with Gasteiger partial charge in [0.1, 0.15) is 0 Å². The van der Waals surface area contributed by atoms with Crippen molar-refractivity contribution in [1.29, 1.82) is 0 Å². The van der Waals surface area contributed by atoms with Gasteiger partial charge in [0.15, 0.2) is 0 Å². The second kappa shape index (κ2) is 9.78. The molecule has 8 aromatic rings. The number of fused-ring (bicyclic) bond motifs is 7. The third kappa shape index (κ3) is 3.85. The van der Waals surface area contributed by atoms with E-state index in [4.69, 9.17) is 0 Å². The Morgan fingerprint density at radius 1 is 0.333 bits per heavy atom. The van der Waals surface area contributed by atoms with Gasteiger partial charge >= 0.3 is 0 Å². The van der Waals surface area contributed by atoms with E-state index >= 15 is 0 Å². The van der Waals surface area contributed by atoms with Gasteiger partial charge in [-0.2, -0.15) is 0 Å². The Balaban J connectivity index is 1.30. The zero-order valence-corrected chi connectivity index (χ0v) is 25.5. The molecule has 0 heteroatoms. The van der Waals surface area contributed by atoms with E-state index < -0.39 is 0 Å². The predicted octanol–water partition coefficient (Wildman–Crippen LogP) is 12.5. The van der Waals surface area contributed by atoms with Gasteiger partial charge in [0, 0.05) is 5.41 Å². The van der Waals surface area contributed by atoms with Gasteiger partial charge in [0.2, 0.25) is 0 Å². The largest absolute Gasteiger partial charge is 0.0622 e. The summed E-state index contributed by atoms with van der Waals surface area (Å²) in [4.78, 5) is 0. The molecule has 0 fully saturated rings. The zero-order valence-electron chi connectivity index (χ0n) is 25.5. The highest BCUT2D eigenvalue weighted by atomic mass is 14.4. The molecule has 0 saturated heterocycles. The minimum absolute atomic E-state index is 0.0485. The lowest BCUT2D eigenvalue weighted by molar-refractivity contribution is 0.661. The monoisotopic (exact) mass is 572 g/mol. The summed E-state index contributed by atoms with van der Waals surface area (Å²) in [6.45, 7) is 4.74. The summed E-state index contributed by atoms with van der Waals surface area (Å²) < 4.78 is 0. The van der Waals surface area contributed by atoms with Crippen molar-refractivity contribution < 1.29 is 0 Å². The second-order valence-electron chi connectivity index (χ2n) is 12.9. The lowest BCUT2D eigenvalue weighted by Crippen LogP contribution is -2.14. The SMILES string of the molecule is CC1(C)c2ccc(-c3c4ccccc4c(-c4ccc(-c5ccccc5)cc4)c4ccccc34)cc2-c2c1ccc1ccccc21. The molecule has 0 aliphatic heterocycles.